The van der Waals surface area contributed by atoms with Crippen LogP contribution in [0.3, 0.4) is 0 Å². The number of aliphatic hydroxyl groups is 1. The second-order valence-electron chi connectivity index (χ2n) is 7.65. The third kappa shape index (κ3) is 4.33. The number of carbonyl (C=O) groups is 1. The normalized spacial score (nSPS) is 16.6. The Labute approximate surface area is 178 Å². The summed E-state index contributed by atoms with van der Waals surface area (Å²) in [5, 5.41) is 20.3. The summed E-state index contributed by atoms with van der Waals surface area (Å²) in [5.74, 6) is 0.386. The van der Waals surface area contributed by atoms with Gasteiger partial charge in [-0.3, -0.25) is 9.48 Å². The molecule has 1 aliphatic heterocycles. The summed E-state index contributed by atoms with van der Waals surface area (Å²) in [7, 11) is 1.72. The van der Waals surface area contributed by atoms with E-state index in [1.807, 2.05) is 12.3 Å². The predicted octanol–water partition coefficient (Wildman–Crippen LogP) is 1.92. The van der Waals surface area contributed by atoms with E-state index in [2.05, 4.69) is 25.7 Å². The standard InChI is InChI=1S/C21H24FN7O2/c1-12-17-19(28(3)18(13(2)30)20(31)26-17)27-21(25-12)23-8-15-9-24-29(11-15)10-14-5-4-6-16(22)7-14/h4-7,9,11,13,18,30H,8,10H2,1-3H3,(H,26,31)(H,23,25,27)/t13-,18+/m1/s1. The predicted molar refractivity (Wildman–Crippen MR) is 114 cm³/mol. The van der Waals surface area contributed by atoms with Crippen LogP contribution in [-0.4, -0.2) is 50.0 Å². The van der Waals surface area contributed by atoms with Crippen LogP contribution in [0.5, 0.6) is 0 Å². The fourth-order valence-electron chi connectivity index (χ4n) is 3.67. The quantitative estimate of drug-likeness (QED) is 0.554. The molecule has 1 amide bonds. The van der Waals surface area contributed by atoms with Crippen molar-refractivity contribution in [3.05, 3.63) is 59.3 Å². The average molecular weight is 425 g/mol. The number of aryl methyl sites for hydroxylation is 1. The first-order valence-electron chi connectivity index (χ1n) is 9.92. The second kappa shape index (κ2) is 8.31. The lowest BCUT2D eigenvalue weighted by atomic mass is 10.1. The van der Waals surface area contributed by atoms with Gasteiger partial charge in [-0.15, -0.1) is 0 Å². The number of carbonyl (C=O) groups excluding carboxylic acids is 1. The van der Waals surface area contributed by atoms with E-state index >= 15 is 0 Å². The monoisotopic (exact) mass is 425 g/mol. The molecule has 0 bridgehead atoms. The number of rotatable bonds is 6. The number of aliphatic hydroxyl groups excluding tert-OH is 1. The van der Waals surface area contributed by atoms with Gasteiger partial charge in [-0.05, 0) is 31.5 Å². The largest absolute Gasteiger partial charge is 0.391 e. The van der Waals surface area contributed by atoms with Crippen molar-refractivity contribution in [3.8, 4) is 0 Å². The lowest BCUT2D eigenvalue weighted by Crippen LogP contribution is -2.52. The number of amides is 1. The van der Waals surface area contributed by atoms with Crippen molar-refractivity contribution in [3.63, 3.8) is 0 Å². The van der Waals surface area contributed by atoms with Crippen LogP contribution in [0.2, 0.25) is 0 Å². The van der Waals surface area contributed by atoms with Crippen molar-refractivity contribution in [2.24, 2.45) is 0 Å². The molecule has 0 radical (unpaired) electrons. The van der Waals surface area contributed by atoms with Crippen molar-refractivity contribution in [2.75, 3.05) is 22.6 Å². The van der Waals surface area contributed by atoms with Gasteiger partial charge in [0.1, 0.15) is 17.5 Å². The van der Waals surface area contributed by atoms with Crippen LogP contribution in [0.15, 0.2) is 36.7 Å². The number of hydrogen-bond acceptors (Lipinski definition) is 7. The molecule has 3 aromatic rings. The van der Waals surface area contributed by atoms with E-state index in [0.717, 1.165) is 11.1 Å². The molecule has 0 spiro atoms. The molecule has 1 aliphatic rings. The summed E-state index contributed by atoms with van der Waals surface area (Å²) in [4.78, 5) is 22.9. The Morgan fingerprint density at radius 3 is 2.87 bits per heavy atom. The first kappa shape index (κ1) is 20.7. The highest BCUT2D eigenvalue weighted by Gasteiger charge is 2.36. The Balaban J connectivity index is 1.47. The van der Waals surface area contributed by atoms with Gasteiger partial charge in [0.2, 0.25) is 11.9 Å². The van der Waals surface area contributed by atoms with Crippen molar-refractivity contribution < 1.29 is 14.3 Å². The number of nitrogens with one attached hydrogen (secondary N) is 2. The van der Waals surface area contributed by atoms with Crippen LogP contribution < -0.4 is 15.5 Å². The van der Waals surface area contributed by atoms with E-state index in [4.69, 9.17) is 0 Å². The minimum Gasteiger partial charge on any atom is -0.391 e. The van der Waals surface area contributed by atoms with Crippen LogP contribution >= 0.6 is 0 Å². The number of benzene rings is 1. The maximum atomic E-state index is 13.4. The molecule has 2 aromatic heterocycles. The molecular weight excluding hydrogens is 401 g/mol. The molecule has 3 N–H and O–H groups in total. The summed E-state index contributed by atoms with van der Waals surface area (Å²) in [6, 6.07) is 5.69. The van der Waals surface area contributed by atoms with Gasteiger partial charge in [0.15, 0.2) is 5.82 Å². The van der Waals surface area contributed by atoms with Gasteiger partial charge in [-0.2, -0.15) is 10.1 Å². The molecule has 0 saturated heterocycles. The van der Waals surface area contributed by atoms with Crippen molar-refractivity contribution >= 4 is 23.4 Å². The zero-order chi connectivity index (χ0) is 22.1. The molecule has 0 unspecified atom stereocenters. The second-order valence-corrected chi connectivity index (χ2v) is 7.65. The molecule has 0 saturated carbocycles. The van der Waals surface area contributed by atoms with E-state index in [-0.39, 0.29) is 11.7 Å². The number of likely N-dealkylation sites (N-methyl/N-ethyl adjacent to an activating group) is 1. The highest BCUT2D eigenvalue weighted by atomic mass is 19.1. The van der Waals surface area contributed by atoms with Crippen molar-refractivity contribution in [1.29, 1.82) is 0 Å². The first-order chi connectivity index (χ1) is 14.8. The molecule has 4 rings (SSSR count). The highest BCUT2D eigenvalue weighted by Crippen LogP contribution is 2.33. The van der Waals surface area contributed by atoms with Gasteiger partial charge in [0.05, 0.1) is 24.5 Å². The van der Waals surface area contributed by atoms with Crippen LogP contribution in [0.1, 0.15) is 23.7 Å². The summed E-state index contributed by atoms with van der Waals surface area (Å²) < 4.78 is 15.1. The average Bonchev–Trinajstić information content (AvgIpc) is 3.14. The van der Waals surface area contributed by atoms with Crippen LogP contribution in [0.25, 0.3) is 0 Å². The van der Waals surface area contributed by atoms with E-state index in [0.29, 0.717) is 36.2 Å². The Morgan fingerprint density at radius 1 is 1.32 bits per heavy atom. The molecule has 2 atom stereocenters. The van der Waals surface area contributed by atoms with E-state index in [9.17, 15) is 14.3 Å². The summed E-state index contributed by atoms with van der Waals surface area (Å²) in [6.07, 6.45) is 2.75. The number of anilines is 3. The van der Waals surface area contributed by atoms with Crippen molar-refractivity contribution in [2.45, 2.75) is 39.1 Å². The Hall–Kier alpha value is -3.53. The maximum absolute atomic E-state index is 13.4. The van der Waals surface area contributed by atoms with E-state index < -0.39 is 12.1 Å². The highest BCUT2D eigenvalue weighted by molar-refractivity contribution is 6.03. The third-order valence-electron chi connectivity index (χ3n) is 5.17. The molecule has 3 heterocycles. The van der Waals surface area contributed by atoms with Gasteiger partial charge in [-0.1, -0.05) is 12.1 Å². The Bertz CT molecular complexity index is 1110. The van der Waals surface area contributed by atoms with Gasteiger partial charge >= 0.3 is 0 Å². The number of fused-ring (bicyclic) bond motifs is 1. The van der Waals surface area contributed by atoms with E-state index in [1.165, 1.54) is 12.1 Å². The lowest BCUT2D eigenvalue weighted by Gasteiger charge is -2.36. The zero-order valence-electron chi connectivity index (χ0n) is 17.5. The topological polar surface area (TPSA) is 108 Å². The fourth-order valence-corrected chi connectivity index (χ4v) is 3.67. The third-order valence-corrected chi connectivity index (χ3v) is 5.17. The van der Waals surface area contributed by atoms with Gasteiger partial charge < -0.3 is 20.6 Å². The minimum absolute atomic E-state index is 0.273. The number of halogens is 1. The minimum atomic E-state index is -0.853. The molecular formula is C21H24FN7O2. The fraction of sp³-hybridized carbons (Fsp3) is 0.333. The van der Waals surface area contributed by atoms with Crippen LogP contribution in [-0.2, 0) is 17.9 Å². The van der Waals surface area contributed by atoms with Crippen LogP contribution in [0, 0.1) is 12.7 Å². The summed E-state index contributed by atoms with van der Waals surface area (Å²) >= 11 is 0. The first-order valence-corrected chi connectivity index (χ1v) is 9.92. The Morgan fingerprint density at radius 2 is 2.13 bits per heavy atom. The number of hydrogen-bond donors (Lipinski definition) is 3. The van der Waals surface area contributed by atoms with Gasteiger partial charge in [-0.25, -0.2) is 9.37 Å². The number of aromatic nitrogens is 4. The smallest absolute Gasteiger partial charge is 0.249 e. The number of nitrogens with zero attached hydrogens (tertiary/aromatic N) is 5. The molecule has 9 nitrogen and oxygen atoms in total. The lowest BCUT2D eigenvalue weighted by molar-refractivity contribution is -0.119. The zero-order valence-corrected chi connectivity index (χ0v) is 17.5. The summed E-state index contributed by atoms with van der Waals surface area (Å²) in [6.45, 7) is 4.27. The maximum Gasteiger partial charge on any atom is 0.249 e. The van der Waals surface area contributed by atoms with Crippen molar-refractivity contribution in [1.82, 2.24) is 19.7 Å². The summed E-state index contributed by atoms with van der Waals surface area (Å²) in [5.41, 5.74) is 2.91. The molecule has 162 valence electrons. The molecule has 0 fully saturated rings. The molecule has 1 aromatic carbocycles. The molecule has 0 aliphatic carbocycles. The van der Waals surface area contributed by atoms with Crippen LogP contribution in [0.4, 0.5) is 21.8 Å². The Kier molecular flexibility index (Phi) is 5.55. The van der Waals surface area contributed by atoms with E-state index in [1.54, 1.807) is 42.7 Å². The molecule has 10 heteroatoms. The van der Waals surface area contributed by atoms with Gasteiger partial charge in [0, 0.05) is 25.4 Å². The van der Waals surface area contributed by atoms with Gasteiger partial charge in [0.25, 0.3) is 0 Å². The SMILES string of the molecule is Cc1nc(NCc2cnn(Cc3cccc(F)c3)c2)nc2c1NC(=O)[C@H]([C@@H](C)O)N2C. The molecule has 31 heavy (non-hydrogen) atoms.